The maximum atomic E-state index is 11.8. The molecule has 1 aromatic rings. The second-order valence-electron chi connectivity index (χ2n) is 4.79. The van der Waals surface area contributed by atoms with Gasteiger partial charge in [-0.2, -0.15) is 0 Å². The summed E-state index contributed by atoms with van der Waals surface area (Å²) >= 11 is 0. The quantitative estimate of drug-likeness (QED) is 0.802. The Balaban J connectivity index is 0.00000220. The fraction of sp³-hybridized carbons (Fsp3) is 0.500. The highest BCUT2D eigenvalue weighted by Gasteiger charge is 2.23. The van der Waals surface area contributed by atoms with Crippen molar-refractivity contribution in [2.45, 2.75) is 6.10 Å². The van der Waals surface area contributed by atoms with Crippen LogP contribution >= 0.6 is 12.4 Å². The van der Waals surface area contributed by atoms with Crippen molar-refractivity contribution >= 4 is 18.4 Å². The number of amides is 2. The number of carbonyl (C=O) groups is 1. The Bertz CT molecular complexity index is 431. The van der Waals surface area contributed by atoms with Gasteiger partial charge in [0.1, 0.15) is 11.9 Å². The molecule has 2 heterocycles. The number of halogens is 1. The first-order chi connectivity index (χ1) is 9.70. The maximum absolute atomic E-state index is 11.8. The summed E-state index contributed by atoms with van der Waals surface area (Å²) in [6, 6.07) is 3.47. The standard InChI is InChI=1S/C14H21N3O3.ClH/c1-2-5-15-14(19)17-8-6-16(7-9-17)11-12(18)13-4-3-10-20-13;/h2-4,10,12,18H,1,5-9,11H2,(H,15,19);1H. The minimum absolute atomic E-state index is 0. The summed E-state index contributed by atoms with van der Waals surface area (Å²) < 4.78 is 5.18. The lowest BCUT2D eigenvalue weighted by atomic mass is 10.2. The van der Waals surface area contributed by atoms with Crippen LogP contribution in [0.2, 0.25) is 0 Å². The van der Waals surface area contributed by atoms with E-state index in [1.807, 2.05) is 0 Å². The predicted octanol–water partition coefficient (Wildman–Crippen LogP) is 1.25. The molecule has 21 heavy (non-hydrogen) atoms. The molecule has 118 valence electrons. The fourth-order valence-corrected chi connectivity index (χ4v) is 2.22. The van der Waals surface area contributed by atoms with E-state index >= 15 is 0 Å². The van der Waals surface area contributed by atoms with Crippen LogP contribution in [-0.4, -0.2) is 60.2 Å². The lowest BCUT2D eigenvalue weighted by Crippen LogP contribution is -2.52. The lowest BCUT2D eigenvalue weighted by molar-refractivity contribution is 0.0693. The predicted molar refractivity (Wildman–Crippen MR) is 82.5 cm³/mol. The van der Waals surface area contributed by atoms with Gasteiger partial charge >= 0.3 is 6.03 Å². The molecule has 1 atom stereocenters. The smallest absolute Gasteiger partial charge is 0.317 e. The minimum Gasteiger partial charge on any atom is -0.467 e. The molecule has 2 rings (SSSR count). The number of piperazine rings is 1. The third-order valence-electron chi connectivity index (χ3n) is 3.36. The molecule has 1 fully saturated rings. The Morgan fingerprint density at radius 2 is 2.19 bits per heavy atom. The molecular weight excluding hydrogens is 294 g/mol. The average molecular weight is 316 g/mol. The van der Waals surface area contributed by atoms with Crippen LogP contribution < -0.4 is 5.32 Å². The number of rotatable bonds is 5. The molecule has 1 saturated heterocycles. The van der Waals surface area contributed by atoms with Crippen molar-refractivity contribution in [2.75, 3.05) is 39.3 Å². The first kappa shape index (κ1) is 17.6. The molecule has 1 aliphatic rings. The zero-order valence-corrected chi connectivity index (χ0v) is 12.7. The van der Waals surface area contributed by atoms with E-state index in [1.54, 1.807) is 29.4 Å². The molecule has 2 amide bonds. The molecule has 0 radical (unpaired) electrons. The number of β-amino-alcohol motifs (C(OH)–C–C–N with tert-alkyl or cyclic N) is 1. The molecule has 2 N–H and O–H groups in total. The van der Waals surface area contributed by atoms with Gasteiger partial charge in [0, 0.05) is 39.3 Å². The van der Waals surface area contributed by atoms with Crippen LogP contribution in [0, 0.1) is 0 Å². The van der Waals surface area contributed by atoms with Gasteiger partial charge in [-0.1, -0.05) is 6.08 Å². The highest BCUT2D eigenvalue weighted by Crippen LogP contribution is 2.15. The van der Waals surface area contributed by atoms with Gasteiger partial charge < -0.3 is 19.7 Å². The molecule has 1 unspecified atom stereocenters. The summed E-state index contributed by atoms with van der Waals surface area (Å²) in [5.41, 5.74) is 0. The molecule has 1 aliphatic heterocycles. The van der Waals surface area contributed by atoms with Gasteiger partial charge in [0.15, 0.2) is 0 Å². The van der Waals surface area contributed by atoms with Crippen LogP contribution in [0.3, 0.4) is 0 Å². The molecule has 7 heteroatoms. The van der Waals surface area contributed by atoms with Crippen LogP contribution in [0.5, 0.6) is 0 Å². The first-order valence-corrected chi connectivity index (χ1v) is 6.78. The number of hydrogen-bond donors (Lipinski definition) is 2. The van der Waals surface area contributed by atoms with E-state index in [0.717, 1.165) is 13.1 Å². The first-order valence-electron chi connectivity index (χ1n) is 6.78. The summed E-state index contributed by atoms with van der Waals surface area (Å²) in [6.45, 7) is 7.39. The Kier molecular flexibility index (Phi) is 7.28. The van der Waals surface area contributed by atoms with E-state index in [-0.39, 0.29) is 18.4 Å². The van der Waals surface area contributed by atoms with E-state index in [1.165, 1.54) is 0 Å². The molecule has 0 bridgehead atoms. The van der Waals surface area contributed by atoms with Crippen molar-refractivity contribution in [1.82, 2.24) is 15.1 Å². The van der Waals surface area contributed by atoms with Crippen LogP contribution in [-0.2, 0) is 0 Å². The zero-order chi connectivity index (χ0) is 14.4. The lowest BCUT2D eigenvalue weighted by Gasteiger charge is -2.35. The molecule has 0 aliphatic carbocycles. The van der Waals surface area contributed by atoms with Crippen LogP contribution in [0.1, 0.15) is 11.9 Å². The van der Waals surface area contributed by atoms with Crippen molar-refractivity contribution in [3.05, 3.63) is 36.8 Å². The number of aliphatic hydroxyl groups is 1. The van der Waals surface area contributed by atoms with Gasteiger partial charge in [0.05, 0.1) is 6.26 Å². The van der Waals surface area contributed by atoms with E-state index in [9.17, 15) is 9.90 Å². The third kappa shape index (κ3) is 5.08. The topological polar surface area (TPSA) is 69.0 Å². The van der Waals surface area contributed by atoms with Crippen LogP contribution in [0.4, 0.5) is 4.79 Å². The van der Waals surface area contributed by atoms with E-state index < -0.39 is 6.10 Å². The SMILES string of the molecule is C=CCNC(=O)N1CCN(CC(O)c2ccco2)CC1.Cl. The Morgan fingerprint density at radius 1 is 1.48 bits per heavy atom. The second kappa shape index (κ2) is 8.71. The highest BCUT2D eigenvalue weighted by atomic mass is 35.5. The van der Waals surface area contributed by atoms with Gasteiger partial charge in [-0.25, -0.2) is 4.79 Å². The number of nitrogens with one attached hydrogen (secondary N) is 1. The average Bonchev–Trinajstić information content (AvgIpc) is 3.00. The Labute approximate surface area is 130 Å². The third-order valence-corrected chi connectivity index (χ3v) is 3.36. The summed E-state index contributed by atoms with van der Waals surface area (Å²) in [4.78, 5) is 15.7. The molecular formula is C14H22ClN3O3. The molecule has 6 nitrogen and oxygen atoms in total. The molecule has 0 aromatic carbocycles. The largest absolute Gasteiger partial charge is 0.467 e. The van der Waals surface area contributed by atoms with Gasteiger partial charge in [0.2, 0.25) is 0 Å². The highest BCUT2D eigenvalue weighted by molar-refractivity contribution is 5.85. The maximum Gasteiger partial charge on any atom is 0.317 e. The minimum atomic E-state index is -0.619. The van der Waals surface area contributed by atoms with Crippen molar-refractivity contribution in [1.29, 1.82) is 0 Å². The number of carbonyl (C=O) groups excluding carboxylic acids is 1. The van der Waals surface area contributed by atoms with Gasteiger partial charge in [-0.05, 0) is 12.1 Å². The van der Waals surface area contributed by atoms with E-state index in [4.69, 9.17) is 4.42 Å². The van der Waals surface area contributed by atoms with Crippen molar-refractivity contribution in [2.24, 2.45) is 0 Å². The fourth-order valence-electron chi connectivity index (χ4n) is 2.22. The molecule has 1 aromatic heterocycles. The van der Waals surface area contributed by atoms with Crippen molar-refractivity contribution in [3.8, 4) is 0 Å². The summed E-state index contributed by atoms with van der Waals surface area (Å²) in [6.07, 6.45) is 2.60. The van der Waals surface area contributed by atoms with E-state index in [0.29, 0.717) is 31.9 Å². The van der Waals surface area contributed by atoms with Crippen LogP contribution in [0.15, 0.2) is 35.5 Å². The van der Waals surface area contributed by atoms with Gasteiger partial charge in [-0.15, -0.1) is 19.0 Å². The summed E-state index contributed by atoms with van der Waals surface area (Å²) in [5.74, 6) is 0.580. The number of furan rings is 1. The van der Waals surface area contributed by atoms with Crippen LogP contribution in [0.25, 0.3) is 0 Å². The zero-order valence-electron chi connectivity index (χ0n) is 11.9. The Morgan fingerprint density at radius 3 is 2.76 bits per heavy atom. The number of hydrogen-bond acceptors (Lipinski definition) is 4. The van der Waals surface area contributed by atoms with Gasteiger partial charge in [0.25, 0.3) is 0 Å². The molecule has 0 saturated carbocycles. The Hall–Kier alpha value is -1.50. The number of urea groups is 1. The second-order valence-corrected chi connectivity index (χ2v) is 4.79. The number of nitrogens with zero attached hydrogens (tertiary/aromatic N) is 2. The number of aliphatic hydroxyl groups excluding tert-OH is 1. The molecule has 0 spiro atoms. The van der Waals surface area contributed by atoms with Crippen molar-refractivity contribution < 1.29 is 14.3 Å². The summed E-state index contributed by atoms with van der Waals surface area (Å²) in [7, 11) is 0. The van der Waals surface area contributed by atoms with Crippen molar-refractivity contribution in [3.63, 3.8) is 0 Å². The van der Waals surface area contributed by atoms with E-state index in [2.05, 4.69) is 16.8 Å². The monoisotopic (exact) mass is 315 g/mol. The summed E-state index contributed by atoms with van der Waals surface area (Å²) in [5, 5.41) is 12.8. The van der Waals surface area contributed by atoms with Gasteiger partial charge in [-0.3, -0.25) is 4.90 Å². The normalized spacial score (nSPS) is 16.9.